The summed E-state index contributed by atoms with van der Waals surface area (Å²) in [7, 11) is 0.703. The lowest BCUT2D eigenvalue weighted by atomic mass is 10.1. The van der Waals surface area contributed by atoms with E-state index in [1.807, 2.05) is 18.2 Å². The topological polar surface area (TPSA) is 20.2 Å². The third-order valence-corrected chi connectivity index (χ3v) is 4.87. The molecule has 2 rings (SSSR count). The Morgan fingerprint density at radius 2 is 2.00 bits per heavy atom. The molecule has 2 aromatic carbocycles. The first-order valence-corrected chi connectivity index (χ1v) is 7.46. The van der Waals surface area contributed by atoms with E-state index < -0.39 is 0 Å². The van der Waals surface area contributed by atoms with Crippen molar-refractivity contribution in [1.82, 2.24) is 0 Å². The molecule has 0 bridgehead atoms. The molecule has 0 radical (unpaired) electrons. The highest BCUT2D eigenvalue weighted by atomic mass is 31.1. The Bertz CT molecular complexity index is 590. The summed E-state index contributed by atoms with van der Waals surface area (Å²) in [5.74, 6) is 0.340. The summed E-state index contributed by atoms with van der Waals surface area (Å²) in [5, 5.41) is 10.8. The van der Waals surface area contributed by atoms with Gasteiger partial charge in [0, 0.05) is 5.66 Å². The zero-order valence-corrected chi connectivity index (χ0v) is 12.4. The maximum atomic E-state index is 9.45. The van der Waals surface area contributed by atoms with Crippen molar-refractivity contribution < 1.29 is 5.11 Å². The minimum atomic E-state index is 0.340. The lowest BCUT2D eigenvalue weighted by Gasteiger charge is -2.15. The molecule has 0 amide bonds. The Labute approximate surface area is 116 Å². The van der Waals surface area contributed by atoms with Crippen LogP contribution in [-0.4, -0.2) is 5.11 Å². The second-order valence-corrected chi connectivity index (χ2v) is 6.43. The third kappa shape index (κ3) is 3.45. The van der Waals surface area contributed by atoms with Crippen LogP contribution in [0, 0.1) is 6.92 Å². The molecule has 0 spiro atoms. The Balaban J connectivity index is 2.20. The Hall–Kier alpha value is -1.59. The number of aryl methyl sites for hydroxylation is 1. The van der Waals surface area contributed by atoms with Crippen LogP contribution in [0.5, 0.6) is 5.75 Å². The van der Waals surface area contributed by atoms with E-state index in [0.717, 1.165) is 11.1 Å². The van der Waals surface area contributed by atoms with Gasteiger partial charge in [-0.3, -0.25) is 0 Å². The van der Waals surface area contributed by atoms with Crippen molar-refractivity contribution in [3.05, 3.63) is 65.7 Å². The Morgan fingerprint density at radius 1 is 1.21 bits per heavy atom. The number of phenolic OH excluding ortho intramolecular Hbond substituents is 1. The quantitative estimate of drug-likeness (QED) is 0.816. The lowest BCUT2D eigenvalue weighted by Crippen LogP contribution is -2.02. The number of rotatable bonds is 4. The molecule has 0 aliphatic carbocycles. The molecule has 0 aliphatic heterocycles. The van der Waals surface area contributed by atoms with Gasteiger partial charge in [-0.2, -0.15) is 0 Å². The normalized spacial score (nSPS) is 12.7. The fourth-order valence-corrected chi connectivity index (χ4v) is 3.37. The van der Waals surface area contributed by atoms with Crippen molar-refractivity contribution in [2.45, 2.75) is 19.5 Å². The van der Waals surface area contributed by atoms with Gasteiger partial charge in [-0.1, -0.05) is 58.5 Å². The van der Waals surface area contributed by atoms with Crippen molar-refractivity contribution in [2.75, 3.05) is 0 Å². The first-order valence-electron chi connectivity index (χ1n) is 6.38. The molecule has 0 saturated carbocycles. The third-order valence-electron chi connectivity index (χ3n) is 3.23. The van der Waals surface area contributed by atoms with E-state index in [9.17, 15) is 5.11 Å². The van der Waals surface area contributed by atoms with E-state index in [2.05, 4.69) is 44.7 Å². The zero-order chi connectivity index (χ0) is 13.8. The molecule has 2 heteroatoms. The summed E-state index contributed by atoms with van der Waals surface area (Å²) < 4.78 is 0. The van der Waals surface area contributed by atoms with Crippen LogP contribution in [-0.2, 0) is 0 Å². The molecule has 0 aromatic heterocycles. The number of hydrogen-bond donors (Lipinski definition) is 1. The van der Waals surface area contributed by atoms with Gasteiger partial charge >= 0.3 is 0 Å². The van der Waals surface area contributed by atoms with Crippen LogP contribution in [0.1, 0.15) is 29.3 Å². The molecule has 0 fully saturated rings. The summed E-state index contributed by atoms with van der Waals surface area (Å²) in [6.07, 6.45) is 1.88. The summed E-state index contributed by atoms with van der Waals surface area (Å²) in [4.78, 5) is 0. The van der Waals surface area contributed by atoms with Gasteiger partial charge < -0.3 is 5.11 Å². The standard InChI is InChI=1S/C17H19OP/c1-4-14-6-5-7-15(11-14)13(3)19-17-9-8-16(18)10-12(17)2/h4-11,13,18-19H,1H2,2-3H3. The molecule has 98 valence electrons. The first-order chi connectivity index (χ1) is 9.10. The van der Waals surface area contributed by atoms with Crippen molar-refractivity contribution in [1.29, 1.82) is 0 Å². The monoisotopic (exact) mass is 270 g/mol. The summed E-state index contributed by atoms with van der Waals surface area (Å²) in [5.41, 5.74) is 4.13. The van der Waals surface area contributed by atoms with Gasteiger partial charge in [0.2, 0.25) is 0 Å². The van der Waals surface area contributed by atoms with Crippen molar-refractivity contribution in [3.8, 4) is 5.75 Å². The Morgan fingerprint density at radius 3 is 2.68 bits per heavy atom. The summed E-state index contributed by atoms with van der Waals surface area (Å²) in [6.45, 7) is 8.11. The molecular weight excluding hydrogens is 251 g/mol. The van der Waals surface area contributed by atoms with E-state index in [1.165, 1.54) is 10.9 Å². The van der Waals surface area contributed by atoms with Gasteiger partial charge in [0.15, 0.2) is 0 Å². The highest BCUT2D eigenvalue weighted by molar-refractivity contribution is 7.47. The molecule has 1 N–H and O–H groups in total. The van der Waals surface area contributed by atoms with Gasteiger partial charge in [0.25, 0.3) is 0 Å². The maximum Gasteiger partial charge on any atom is 0.115 e. The predicted octanol–water partition coefficient (Wildman–Crippen LogP) is 4.41. The maximum absolute atomic E-state index is 9.45. The lowest BCUT2D eigenvalue weighted by molar-refractivity contribution is 0.475. The average molecular weight is 270 g/mol. The SMILES string of the molecule is C=Cc1cccc(C(C)Pc2ccc(O)cc2C)c1. The second-order valence-electron chi connectivity index (χ2n) is 4.74. The van der Waals surface area contributed by atoms with Crippen LogP contribution in [0.4, 0.5) is 0 Å². The van der Waals surface area contributed by atoms with Crippen molar-refractivity contribution in [3.63, 3.8) is 0 Å². The molecule has 0 saturated heterocycles. The van der Waals surface area contributed by atoms with Crippen LogP contribution in [0.3, 0.4) is 0 Å². The van der Waals surface area contributed by atoms with Crippen LogP contribution in [0.2, 0.25) is 0 Å². The summed E-state index contributed by atoms with van der Waals surface area (Å²) in [6, 6.07) is 14.1. The first kappa shape index (κ1) is 13.8. The van der Waals surface area contributed by atoms with Gasteiger partial charge in [-0.25, -0.2) is 0 Å². The summed E-state index contributed by atoms with van der Waals surface area (Å²) >= 11 is 0. The minimum absolute atomic E-state index is 0.340. The largest absolute Gasteiger partial charge is 0.508 e. The molecule has 19 heavy (non-hydrogen) atoms. The zero-order valence-electron chi connectivity index (χ0n) is 11.4. The van der Waals surface area contributed by atoms with E-state index >= 15 is 0 Å². The van der Waals surface area contributed by atoms with Crippen molar-refractivity contribution in [2.24, 2.45) is 0 Å². The van der Waals surface area contributed by atoms with E-state index in [0.29, 0.717) is 20.0 Å². The van der Waals surface area contributed by atoms with Gasteiger partial charge in [-0.15, -0.1) is 0 Å². The minimum Gasteiger partial charge on any atom is -0.508 e. The molecule has 2 unspecified atom stereocenters. The average Bonchev–Trinajstić information content (AvgIpc) is 2.42. The molecular formula is C17H19OP. The van der Waals surface area contributed by atoms with Gasteiger partial charge in [0.05, 0.1) is 0 Å². The van der Waals surface area contributed by atoms with Gasteiger partial charge in [-0.05, 0) is 41.1 Å². The highest BCUT2D eigenvalue weighted by Crippen LogP contribution is 2.35. The fourth-order valence-electron chi connectivity index (χ4n) is 2.08. The molecule has 1 nitrogen and oxygen atoms in total. The van der Waals surface area contributed by atoms with Crippen LogP contribution < -0.4 is 5.30 Å². The van der Waals surface area contributed by atoms with E-state index in [-0.39, 0.29) is 0 Å². The fraction of sp³-hybridized carbons (Fsp3) is 0.176. The number of aromatic hydroxyl groups is 1. The molecule has 0 heterocycles. The molecule has 2 atom stereocenters. The van der Waals surface area contributed by atoms with Gasteiger partial charge in [0.1, 0.15) is 5.75 Å². The number of phenols is 1. The number of hydrogen-bond acceptors (Lipinski definition) is 1. The van der Waals surface area contributed by atoms with Crippen LogP contribution in [0.25, 0.3) is 6.08 Å². The van der Waals surface area contributed by atoms with Crippen LogP contribution in [0.15, 0.2) is 49.0 Å². The molecule has 0 aliphatic rings. The predicted molar refractivity (Wildman–Crippen MR) is 85.7 cm³/mol. The van der Waals surface area contributed by atoms with E-state index in [4.69, 9.17) is 0 Å². The highest BCUT2D eigenvalue weighted by Gasteiger charge is 2.09. The van der Waals surface area contributed by atoms with Crippen molar-refractivity contribution >= 4 is 20.0 Å². The Kier molecular flexibility index (Phi) is 4.39. The number of benzene rings is 2. The smallest absolute Gasteiger partial charge is 0.115 e. The van der Waals surface area contributed by atoms with E-state index in [1.54, 1.807) is 6.07 Å². The molecule has 2 aromatic rings. The second kappa shape index (κ2) is 6.04. The van der Waals surface area contributed by atoms with Crippen LogP contribution >= 0.6 is 8.58 Å².